The zero-order chi connectivity index (χ0) is 18.1. The van der Waals surface area contributed by atoms with Gasteiger partial charge >= 0.3 is 0 Å². The molecule has 0 bridgehead atoms. The summed E-state index contributed by atoms with van der Waals surface area (Å²) < 4.78 is 11.2. The molecule has 0 aromatic heterocycles. The van der Waals surface area contributed by atoms with Gasteiger partial charge in [0.15, 0.2) is 17.1 Å². The lowest BCUT2D eigenvalue weighted by molar-refractivity contribution is 0.329. The molecule has 2 N–H and O–H groups in total. The van der Waals surface area contributed by atoms with E-state index in [1.165, 1.54) is 13.2 Å². The number of terminal acetylenes is 1. The number of nitriles is 3. The minimum Gasteiger partial charge on any atom is -0.493 e. The fraction of sp³-hybridized carbons (Fsp3) is 0.118. The first-order chi connectivity index (χ1) is 11.5. The van der Waals surface area contributed by atoms with Crippen molar-refractivity contribution < 1.29 is 9.47 Å². The highest BCUT2D eigenvalue weighted by molar-refractivity contribution is 9.10. The summed E-state index contributed by atoms with van der Waals surface area (Å²) in [6, 6.07) is 8.44. The molecule has 24 heavy (non-hydrogen) atoms. The molecule has 0 amide bonds. The second kappa shape index (κ2) is 8.91. The van der Waals surface area contributed by atoms with E-state index in [1.54, 1.807) is 24.3 Å². The lowest BCUT2D eigenvalue weighted by Crippen LogP contribution is -2.03. The number of benzene rings is 1. The van der Waals surface area contributed by atoms with Gasteiger partial charge < -0.3 is 15.2 Å². The molecule has 0 aliphatic rings. The molecule has 1 aromatic rings. The Morgan fingerprint density at radius 1 is 1.29 bits per heavy atom. The van der Waals surface area contributed by atoms with Crippen LogP contribution in [0.4, 0.5) is 0 Å². The number of nitrogens with two attached hydrogens (primary N) is 1. The summed E-state index contributed by atoms with van der Waals surface area (Å²) in [5.74, 6) is 3.17. The molecule has 0 fully saturated rings. The highest BCUT2D eigenvalue weighted by Gasteiger charge is 2.13. The van der Waals surface area contributed by atoms with Crippen LogP contribution in [0.15, 0.2) is 33.4 Å². The predicted octanol–water partition coefficient (Wildman–Crippen LogP) is 2.64. The third kappa shape index (κ3) is 4.31. The van der Waals surface area contributed by atoms with Crippen LogP contribution in [0, 0.1) is 46.3 Å². The molecule has 0 aliphatic heterocycles. The maximum absolute atomic E-state index is 9.22. The minimum absolute atomic E-state index is 0.0145. The Morgan fingerprint density at radius 2 is 1.96 bits per heavy atom. The number of methoxy groups -OCH3 is 1. The van der Waals surface area contributed by atoms with Gasteiger partial charge in [0.2, 0.25) is 0 Å². The standard InChI is InChI=1S/C17H11BrN4O2/c1-3-4-24-17-14(18)6-11(7-15(17)23-2)5-12(8-19)16(22)13(9-20)10-21/h1,5-7H,4,22H2,2H3/b12-5+. The largest absolute Gasteiger partial charge is 0.493 e. The van der Waals surface area contributed by atoms with Crippen molar-refractivity contribution >= 4 is 22.0 Å². The summed E-state index contributed by atoms with van der Waals surface area (Å²) in [5, 5.41) is 26.9. The molecule has 0 atom stereocenters. The van der Waals surface area contributed by atoms with Crippen LogP contribution in [-0.4, -0.2) is 13.7 Å². The highest BCUT2D eigenvalue weighted by atomic mass is 79.9. The third-order valence-corrected chi connectivity index (χ3v) is 3.36. The van der Waals surface area contributed by atoms with Crippen LogP contribution < -0.4 is 15.2 Å². The molecule has 0 unspecified atom stereocenters. The van der Waals surface area contributed by atoms with Gasteiger partial charge in [-0.25, -0.2) is 0 Å². The van der Waals surface area contributed by atoms with Crippen LogP contribution >= 0.6 is 15.9 Å². The molecule has 7 heteroatoms. The number of hydrogen-bond donors (Lipinski definition) is 1. The van der Waals surface area contributed by atoms with Gasteiger partial charge in [0.05, 0.1) is 22.9 Å². The van der Waals surface area contributed by atoms with E-state index >= 15 is 0 Å². The smallest absolute Gasteiger partial charge is 0.176 e. The van der Waals surface area contributed by atoms with Crippen molar-refractivity contribution in [2.24, 2.45) is 5.73 Å². The third-order valence-electron chi connectivity index (χ3n) is 2.77. The highest BCUT2D eigenvalue weighted by Crippen LogP contribution is 2.37. The first-order valence-electron chi connectivity index (χ1n) is 6.38. The minimum atomic E-state index is -0.331. The average molecular weight is 383 g/mol. The SMILES string of the molecule is C#CCOc1c(Br)cc(/C=C(\C#N)C(N)=C(C#N)C#N)cc1OC. The molecule has 118 valence electrons. The summed E-state index contributed by atoms with van der Waals surface area (Å²) in [5.41, 5.74) is 5.72. The molecule has 0 saturated heterocycles. The second-order valence-corrected chi connectivity index (χ2v) is 5.06. The molecule has 0 heterocycles. The molecule has 1 aromatic carbocycles. The first kappa shape index (κ1) is 18.7. The molecule has 6 nitrogen and oxygen atoms in total. The molecule has 0 radical (unpaired) electrons. The lowest BCUT2D eigenvalue weighted by Gasteiger charge is -2.12. The van der Waals surface area contributed by atoms with Crippen molar-refractivity contribution in [3.63, 3.8) is 0 Å². The van der Waals surface area contributed by atoms with E-state index in [0.717, 1.165) is 0 Å². The summed E-state index contributed by atoms with van der Waals surface area (Å²) in [6.07, 6.45) is 6.60. The summed E-state index contributed by atoms with van der Waals surface area (Å²) in [4.78, 5) is 0. The number of rotatable bonds is 5. The number of nitrogens with zero attached hydrogens (tertiary/aromatic N) is 3. The lowest BCUT2D eigenvalue weighted by atomic mass is 10.1. The Morgan fingerprint density at radius 3 is 2.46 bits per heavy atom. The van der Waals surface area contributed by atoms with Crippen LogP contribution in [-0.2, 0) is 0 Å². The summed E-state index contributed by atoms with van der Waals surface area (Å²) >= 11 is 3.34. The van der Waals surface area contributed by atoms with E-state index in [2.05, 4.69) is 21.9 Å². The Labute approximate surface area is 148 Å². The van der Waals surface area contributed by atoms with E-state index in [-0.39, 0.29) is 23.5 Å². The average Bonchev–Trinajstić information content (AvgIpc) is 2.59. The molecule has 0 spiro atoms. The second-order valence-electron chi connectivity index (χ2n) is 4.21. The van der Waals surface area contributed by atoms with Crippen LogP contribution in [0.1, 0.15) is 5.56 Å². The van der Waals surface area contributed by atoms with Crippen LogP contribution in [0.25, 0.3) is 6.08 Å². The van der Waals surface area contributed by atoms with Crippen molar-refractivity contribution in [3.8, 4) is 42.1 Å². The van der Waals surface area contributed by atoms with E-state index in [9.17, 15) is 5.26 Å². The van der Waals surface area contributed by atoms with E-state index in [0.29, 0.717) is 21.5 Å². The number of allylic oxidation sites excluding steroid dienone is 2. The van der Waals surface area contributed by atoms with E-state index < -0.39 is 0 Å². The quantitative estimate of drug-likeness (QED) is 0.475. The van der Waals surface area contributed by atoms with Crippen molar-refractivity contribution in [2.75, 3.05) is 13.7 Å². The van der Waals surface area contributed by atoms with Gasteiger partial charge in [-0.3, -0.25) is 0 Å². The van der Waals surface area contributed by atoms with Gasteiger partial charge in [0.1, 0.15) is 24.8 Å². The predicted molar refractivity (Wildman–Crippen MR) is 91.1 cm³/mol. The first-order valence-corrected chi connectivity index (χ1v) is 7.17. The van der Waals surface area contributed by atoms with Gasteiger partial charge in [0.25, 0.3) is 0 Å². The molecule has 1 rings (SSSR count). The Hall–Kier alpha value is -3.39. The molecular weight excluding hydrogens is 372 g/mol. The zero-order valence-electron chi connectivity index (χ0n) is 12.6. The van der Waals surface area contributed by atoms with E-state index in [4.69, 9.17) is 32.2 Å². The number of hydrogen-bond acceptors (Lipinski definition) is 6. The Kier molecular flexibility index (Phi) is 6.93. The van der Waals surface area contributed by atoms with Crippen molar-refractivity contribution in [2.45, 2.75) is 0 Å². The monoisotopic (exact) mass is 382 g/mol. The van der Waals surface area contributed by atoms with Crippen molar-refractivity contribution in [1.29, 1.82) is 15.8 Å². The summed E-state index contributed by atoms with van der Waals surface area (Å²) in [6.45, 7) is 0.0664. The molecule has 0 aliphatic carbocycles. The Balaban J connectivity index is 3.44. The maximum atomic E-state index is 9.22. The molecule has 0 saturated carbocycles. The topological polar surface area (TPSA) is 116 Å². The van der Waals surface area contributed by atoms with E-state index in [1.807, 2.05) is 6.07 Å². The molecular formula is C17H11BrN4O2. The zero-order valence-corrected chi connectivity index (χ0v) is 14.2. The summed E-state index contributed by atoms with van der Waals surface area (Å²) in [7, 11) is 1.46. The number of ether oxygens (including phenoxy) is 2. The normalized spacial score (nSPS) is 9.67. The van der Waals surface area contributed by atoms with Gasteiger partial charge in [-0.05, 0) is 39.7 Å². The van der Waals surface area contributed by atoms with Gasteiger partial charge in [-0.15, -0.1) is 6.42 Å². The maximum Gasteiger partial charge on any atom is 0.176 e. The van der Waals surface area contributed by atoms with Gasteiger partial charge in [0, 0.05) is 0 Å². The fourth-order valence-corrected chi connectivity index (χ4v) is 2.27. The van der Waals surface area contributed by atoms with Crippen LogP contribution in [0.2, 0.25) is 0 Å². The van der Waals surface area contributed by atoms with Crippen molar-refractivity contribution in [1.82, 2.24) is 0 Å². The van der Waals surface area contributed by atoms with Gasteiger partial charge in [-0.2, -0.15) is 15.8 Å². The fourth-order valence-electron chi connectivity index (χ4n) is 1.69. The van der Waals surface area contributed by atoms with Crippen LogP contribution in [0.3, 0.4) is 0 Å². The van der Waals surface area contributed by atoms with Gasteiger partial charge in [-0.1, -0.05) is 5.92 Å². The van der Waals surface area contributed by atoms with Crippen LogP contribution in [0.5, 0.6) is 11.5 Å². The Bertz CT molecular complexity index is 858. The van der Waals surface area contributed by atoms with Crippen molar-refractivity contribution in [3.05, 3.63) is 39.0 Å². The number of halogens is 1.